The van der Waals surface area contributed by atoms with Gasteiger partial charge in [0, 0.05) is 43.4 Å². The molecule has 3 aromatic heterocycles. The van der Waals surface area contributed by atoms with Gasteiger partial charge in [-0.25, -0.2) is 14.6 Å². The summed E-state index contributed by atoms with van der Waals surface area (Å²) in [6, 6.07) is 9.26. The third kappa shape index (κ3) is 4.58. The van der Waals surface area contributed by atoms with Crippen molar-refractivity contribution in [1.29, 1.82) is 0 Å². The van der Waals surface area contributed by atoms with Gasteiger partial charge in [0.25, 0.3) is 17.8 Å². The highest BCUT2D eigenvalue weighted by atomic mass is 16.5. The van der Waals surface area contributed by atoms with Crippen LogP contribution in [0, 0.1) is 0 Å². The molecule has 2 amide bonds. The van der Waals surface area contributed by atoms with Gasteiger partial charge in [-0.05, 0) is 54.3 Å². The Hall–Kier alpha value is -4.80. The molecule has 4 aromatic rings. The maximum atomic E-state index is 12.7. The van der Waals surface area contributed by atoms with Crippen LogP contribution in [0.2, 0.25) is 0 Å². The average Bonchev–Trinajstić information content (AvgIpc) is 3.32. The van der Waals surface area contributed by atoms with E-state index in [9.17, 15) is 9.59 Å². The predicted octanol–water partition coefficient (Wildman–Crippen LogP) is 1.57. The van der Waals surface area contributed by atoms with E-state index in [1.807, 2.05) is 18.2 Å². The van der Waals surface area contributed by atoms with Gasteiger partial charge in [0.1, 0.15) is 11.3 Å². The first-order chi connectivity index (χ1) is 17.5. The zero-order valence-corrected chi connectivity index (χ0v) is 19.6. The molecule has 1 aromatic carbocycles. The fraction of sp³-hybridized carbons (Fsp3) is 0.200. The van der Waals surface area contributed by atoms with Crippen LogP contribution < -0.4 is 21.1 Å². The zero-order valence-electron chi connectivity index (χ0n) is 19.6. The number of anilines is 1. The molecule has 0 fully saturated rings. The number of amides is 2. The summed E-state index contributed by atoms with van der Waals surface area (Å²) in [7, 11) is 1.65. The molecule has 1 aliphatic carbocycles. The number of nitrogens with two attached hydrogens (primary N) is 1. The summed E-state index contributed by atoms with van der Waals surface area (Å²) >= 11 is 0. The zero-order chi connectivity index (χ0) is 25.1. The molecule has 0 radical (unpaired) electrons. The lowest BCUT2D eigenvalue weighted by Gasteiger charge is -2.19. The van der Waals surface area contributed by atoms with E-state index < -0.39 is 5.91 Å². The number of aryl methyl sites for hydroxylation is 2. The van der Waals surface area contributed by atoms with Crippen molar-refractivity contribution < 1.29 is 14.3 Å². The number of carbonyl (C=O) groups is 2. The summed E-state index contributed by atoms with van der Waals surface area (Å²) in [5.41, 5.74) is 10.7. The maximum Gasteiger partial charge on any atom is 0.256 e. The smallest absolute Gasteiger partial charge is 0.256 e. The van der Waals surface area contributed by atoms with Crippen molar-refractivity contribution in [3.8, 4) is 23.0 Å². The summed E-state index contributed by atoms with van der Waals surface area (Å²) < 4.78 is 6.74. The molecule has 0 bridgehead atoms. The van der Waals surface area contributed by atoms with E-state index in [1.165, 1.54) is 17.1 Å². The van der Waals surface area contributed by atoms with Crippen molar-refractivity contribution in [2.45, 2.75) is 12.8 Å². The van der Waals surface area contributed by atoms with Crippen molar-refractivity contribution in [3.05, 3.63) is 77.4 Å². The number of rotatable bonds is 7. The SMILES string of the molecule is COc1ccc2c(c1)CCc1cnc(-n3cc(C(=O)NCCNC(=O)c4cccnc4)c(N)n3)nc1-2. The highest BCUT2D eigenvalue weighted by Crippen LogP contribution is 2.34. The normalized spacial score (nSPS) is 11.8. The molecule has 11 nitrogen and oxygen atoms in total. The minimum Gasteiger partial charge on any atom is -0.497 e. The predicted molar refractivity (Wildman–Crippen MR) is 132 cm³/mol. The topological polar surface area (TPSA) is 150 Å². The van der Waals surface area contributed by atoms with E-state index in [2.05, 4.69) is 25.7 Å². The standard InChI is InChI=1S/C25H24N8O3/c1-36-18-6-7-19-15(11-18)4-5-16-13-30-25(31-21(16)19)33-14-20(22(26)32-33)24(35)29-10-9-28-23(34)17-3-2-8-27-12-17/h2-3,6-8,11-14H,4-5,9-10H2,1H3,(H2,26,32)(H,28,34)(H,29,35). The van der Waals surface area contributed by atoms with Crippen molar-refractivity contribution in [2.24, 2.45) is 0 Å². The Morgan fingerprint density at radius 2 is 1.89 bits per heavy atom. The number of nitrogens with one attached hydrogen (secondary N) is 2. The van der Waals surface area contributed by atoms with Crippen LogP contribution in [0.15, 0.2) is 55.1 Å². The fourth-order valence-electron chi connectivity index (χ4n) is 4.04. The number of carbonyl (C=O) groups excluding carboxylic acids is 2. The number of nitrogens with zero attached hydrogens (tertiary/aromatic N) is 5. The number of nitrogen functional groups attached to an aromatic ring is 1. The summed E-state index contributed by atoms with van der Waals surface area (Å²) in [6.45, 7) is 0.455. The van der Waals surface area contributed by atoms with Gasteiger partial charge in [0.05, 0.1) is 18.4 Å². The summed E-state index contributed by atoms with van der Waals surface area (Å²) in [5.74, 6) is 0.489. The third-order valence-electron chi connectivity index (χ3n) is 5.90. The number of aromatic nitrogens is 5. The van der Waals surface area contributed by atoms with Crippen LogP contribution in [-0.4, -0.2) is 56.7 Å². The van der Waals surface area contributed by atoms with Gasteiger partial charge >= 0.3 is 0 Å². The second kappa shape index (κ2) is 9.82. The monoisotopic (exact) mass is 484 g/mol. The van der Waals surface area contributed by atoms with E-state index in [1.54, 1.807) is 31.6 Å². The molecule has 182 valence electrons. The van der Waals surface area contributed by atoms with Crippen LogP contribution in [0.5, 0.6) is 5.75 Å². The first kappa shape index (κ1) is 23.0. The molecule has 0 aliphatic heterocycles. The molecule has 0 saturated carbocycles. The van der Waals surface area contributed by atoms with Crippen LogP contribution in [-0.2, 0) is 12.8 Å². The Balaban J connectivity index is 1.27. The van der Waals surface area contributed by atoms with E-state index in [-0.39, 0.29) is 30.4 Å². The van der Waals surface area contributed by atoms with Crippen LogP contribution in [0.1, 0.15) is 31.8 Å². The summed E-state index contributed by atoms with van der Waals surface area (Å²) in [5, 5.41) is 9.69. The first-order valence-electron chi connectivity index (χ1n) is 11.4. The van der Waals surface area contributed by atoms with Crippen LogP contribution in [0.4, 0.5) is 5.82 Å². The Labute approximate surface area is 206 Å². The highest BCUT2D eigenvalue weighted by molar-refractivity contribution is 5.98. The van der Waals surface area contributed by atoms with Crippen molar-refractivity contribution in [2.75, 3.05) is 25.9 Å². The molecular formula is C25H24N8O3. The molecule has 0 saturated heterocycles. The Morgan fingerprint density at radius 1 is 1.08 bits per heavy atom. The Kier molecular flexibility index (Phi) is 6.27. The van der Waals surface area contributed by atoms with Gasteiger partial charge in [0.2, 0.25) is 0 Å². The second-order valence-electron chi connectivity index (χ2n) is 8.19. The summed E-state index contributed by atoms with van der Waals surface area (Å²) in [6.07, 6.45) is 8.05. The Morgan fingerprint density at radius 3 is 2.67 bits per heavy atom. The van der Waals surface area contributed by atoms with Crippen molar-refractivity contribution in [1.82, 2.24) is 35.4 Å². The fourth-order valence-corrected chi connectivity index (χ4v) is 4.04. The molecule has 4 N–H and O–H groups in total. The molecule has 0 spiro atoms. The van der Waals surface area contributed by atoms with E-state index in [0.29, 0.717) is 11.5 Å². The Bertz CT molecular complexity index is 1430. The second-order valence-corrected chi connectivity index (χ2v) is 8.19. The largest absolute Gasteiger partial charge is 0.497 e. The molecule has 0 atom stereocenters. The van der Waals surface area contributed by atoms with E-state index in [4.69, 9.17) is 15.5 Å². The summed E-state index contributed by atoms with van der Waals surface area (Å²) in [4.78, 5) is 37.8. The number of hydrogen-bond acceptors (Lipinski definition) is 8. The highest BCUT2D eigenvalue weighted by Gasteiger charge is 2.21. The third-order valence-corrected chi connectivity index (χ3v) is 5.90. The number of pyridine rings is 1. The lowest BCUT2D eigenvalue weighted by Crippen LogP contribution is -2.34. The van der Waals surface area contributed by atoms with Crippen molar-refractivity contribution in [3.63, 3.8) is 0 Å². The number of benzene rings is 1. The molecule has 0 unspecified atom stereocenters. The average molecular weight is 485 g/mol. The molecule has 36 heavy (non-hydrogen) atoms. The lowest BCUT2D eigenvalue weighted by atomic mass is 9.90. The first-order valence-corrected chi connectivity index (χ1v) is 11.4. The minimum atomic E-state index is -0.412. The van der Waals surface area contributed by atoms with Gasteiger partial charge in [0.15, 0.2) is 5.82 Å². The van der Waals surface area contributed by atoms with E-state index in [0.717, 1.165) is 41.0 Å². The van der Waals surface area contributed by atoms with Gasteiger partial charge < -0.3 is 21.1 Å². The number of fused-ring (bicyclic) bond motifs is 3. The van der Waals surface area contributed by atoms with Gasteiger partial charge in [-0.3, -0.25) is 14.6 Å². The molecule has 11 heteroatoms. The molecular weight excluding hydrogens is 460 g/mol. The van der Waals surface area contributed by atoms with Gasteiger partial charge in [-0.1, -0.05) is 0 Å². The molecule has 5 rings (SSSR count). The quantitative estimate of drug-likeness (QED) is 0.335. The van der Waals surface area contributed by atoms with Gasteiger partial charge in [-0.2, -0.15) is 0 Å². The maximum absolute atomic E-state index is 12.7. The molecule has 1 aliphatic rings. The van der Waals surface area contributed by atoms with Crippen LogP contribution in [0.25, 0.3) is 17.2 Å². The molecule has 3 heterocycles. The van der Waals surface area contributed by atoms with Crippen molar-refractivity contribution >= 4 is 17.6 Å². The van der Waals surface area contributed by atoms with E-state index >= 15 is 0 Å². The number of hydrogen-bond donors (Lipinski definition) is 3. The lowest BCUT2D eigenvalue weighted by molar-refractivity contribution is 0.0928. The minimum absolute atomic E-state index is 0.0540. The van der Waals surface area contributed by atoms with Crippen LogP contribution in [0.3, 0.4) is 0 Å². The van der Waals surface area contributed by atoms with Crippen LogP contribution >= 0.6 is 0 Å². The van der Waals surface area contributed by atoms with Gasteiger partial charge in [-0.15, -0.1) is 5.10 Å². The number of ether oxygens (including phenoxy) is 1. The number of methoxy groups -OCH3 is 1.